The van der Waals surface area contributed by atoms with Crippen LogP contribution < -0.4 is 10.6 Å². The Kier molecular flexibility index (Phi) is 5.89. The number of fused-ring (bicyclic) bond motifs is 1. The first-order valence-corrected chi connectivity index (χ1v) is 9.96. The van der Waals surface area contributed by atoms with Gasteiger partial charge in [-0.15, -0.1) is 11.3 Å². The minimum atomic E-state index is -0.157. The van der Waals surface area contributed by atoms with Gasteiger partial charge in [0.1, 0.15) is 6.54 Å². The highest BCUT2D eigenvalue weighted by atomic mass is 32.2. The SMILES string of the molecule is CC(C)NC(=O)Cn1c(SCC(=O)Nc2nccs2)nc2ccccc21. The van der Waals surface area contributed by atoms with Crippen LogP contribution in [0.2, 0.25) is 0 Å². The molecule has 0 aliphatic carbocycles. The van der Waals surface area contributed by atoms with Crippen molar-refractivity contribution in [3.63, 3.8) is 0 Å². The van der Waals surface area contributed by atoms with Gasteiger partial charge in [0.25, 0.3) is 0 Å². The number of nitrogens with zero attached hydrogens (tertiary/aromatic N) is 3. The lowest BCUT2D eigenvalue weighted by molar-refractivity contribution is -0.122. The summed E-state index contributed by atoms with van der Waals surface area (Å²) >= 11 is 2.67. The molecule has 0 aliphatic heterocycles. The zero-order chi connectivity index (χ0) is 18.5. The second-order valence-corrected chi connectivity index (χ2v) is 7.70. The van der Waals surface area contributed by atoms with Crippen molar-refractivity contribution in [1.82, 2.24) is 19.9 Å². The highest BCUT2D eigenvalue weighted by Crippen LogP contribution is 2.24. The van der Waals surface area contributed by atoms with Crippen molar-refractivity contribution in [2.45, 2.75) is 31.6 Å². The number of thiazole rings is 1. The average Bonchev–Trinajstić information content (AvgIpc) is 3.20. The van der Waals surface area contributed by atoms with Crippen molar-refractivity contribution in [2.24, 2.45) is 0 Å². The Hall–Kier alpha value is -2.39. The predicted octanol–water partition coefficient (Wildman–Crippen LogP) is 2.75. The number of hydrogen-bond donors (Lipinski definition) is 2. The zero-order valence-electron chi connectivity index (χ0n) is 14.4. The molecule has 3 aromatic rings. The van der Waals surface area contributed by atoms with Crippen LogP contribution >= 0.6 is 23.1 Å². The summed E-state index contributed by atoms with van der Waals surface area (Å²) in [7, 11) is 0. The van der Waals surface area contributed by atoms with Gasteiger partial charge in [0.05, 0.1) is 16.8 Å². The molecule has 0 atom stereocenters. The maximum Gasteiger partial charge on any atom is 0.240 e. The lowest BCUT2D eigenvalue weighted by Gasteiger charge is -2.11. The Morgan fingerprint density at radius 3 is 2.81 bits per heavy atom. The molecule has 2 N–H and O–H groups in total. The number of thioether (sulfide) groups is 1. The van der Waals surface area contributed by atoms with E-state index >= 15 is 0 Å². The Morgan fingerprint density at radius 1 is 1.27 bits per heavy atom. The third-order valence-corrected chi connectivity index (χ3v) is 5.05. The zero-order valence-corrected chi connectivity index (χ0v) is 16.1. The number of carbonyl (C=O) groups is 2. The van der Waals surface area contributed by atoms with E-state index in [4.69, 9.17) is 0 Å². The normalized spacial score (nSPS) is 11.0. The van der Waals surface area contributed by atoms with Crippen LogP contribution in [0.4, 0.5) is 5.13 Å². The van der Waals surface area contributed by atoms with E-state index in [9.17, 15) is 9.59 Å². The van der Waals surface area contributed by atoms with E-state index in [2.05, 4.69) is 20.6 Å². The van der Waals surface area contributed by atoms with E-state index < -0.39 is 0 Å². The minimum absolute atomic E-state index is 0.0671. The van der Waals surface area contributed by atoms with Gasteiger partial charge in [-0.2, -0.15) is 0 Å². The third kappa shape index (κ3) is 4.61. The van der Waals surface area contributed by atoms with Crippen LogP contribution in [0.5, 0.6) is 0 Å². The number of carbonyl (C=O) groups excluding carboxylic acids is 2. The second-order valence-electron chi connectivity index (χ2n) is 5.87. The van der Waals surface area contributed by atoms with Crippen molar-refractivity contribution < 1.29 is 9.59 Å². The van der Waals surface area contributed by atoms with Crippen LogP contribution in [-0.2, 0) is 16.1 Å². The second kappa shape index (κ2) is 8.33. The van der Waals surface area contributed by atoms with E-state index in [1.54, 1.807) is 11.6 Å². The molecule has 2 heterocycles. The number of rotatable bonds is 7. The Bertz CT molecular complexity index is 905. The molecule has 0 spiro atoms. The van der Waals surface area contributed by atoms with E-state index in [0.717, 1.165) is 11.0 Å². The molecule has 1 aromatic carbocycles. The van der Waals surface area contributed by atoms with Gasteiger partial charge in [-0.05, 0) is 26.0 Å². The van der Waals surface area contributed by atoms with Crippen molar-refractivity contribution in [3.8, 4) is 0 Å². The fourth-order valence-corrected chi connectivity index (χ4v) is 3.76. The number of para-hydroxylation sites is 2. The monoisotopic (exact) mass is 389 g/mol. The molecular weight excluding hydrogens is 370 g/mol. The molecule has 3 rings (SSSR count). The fraction of sp³-hybridized carbons (Fsp3) is 0.294. The van der Waals surface area contributed by atoms with Crippen LogP contribution in [0.25, 0.3) is 11.0 Å². The fourth-order valence-electron chi connectivity index (χ4n) is 2.40. The maximum atomic E-state index is 12.2. The van der Waals surface area contributed by atoms with Crippen LogP contribution in [0.15, 0.2) is 41.0 Å². The van der Waals surface area contributed by atoms with Gasteiger partial charge in [0, 0.05) is 17.6 Å². The molecule has 0 unspecified atom stereocenters. The molecule has 0 aliphatic rings. The molecule has 0 saturated heterocycles. The molecule has 26 heavy (non-hydrogen) atoms. The molecule has 2 aromatic heterocycles. The maximum absolute atomic E-state index is 12.2. The summed E-state index contributed by atoms with van der Waals surface area (Å²) in [5.74, 6) is -0.0539. The Morgan fingerprint density at radius 2 is 2.08 bits per heavy atom. The number of imidazole rings is 1. The molecule has 0 fully saturated rings. The van der Waals surface area contributed by atoms with Crippen molar-refractivity contribution in [1.29, 1.82) is 0 Å². The van der Waals surface area contributed by atoms with Gasteiger partial charge in [-0.1, -0.05) is 23.9 Å². The Labute approximate surface area is 159 Å². The largest absolute Gasteiger partial charge is 0.352 e. The lowest BCUT2D eigenvalue weighted by atomic mass is 10.3. The summed E-state index contributed by atoms with van der Waals surface area (Å²) in [6, 6.07) is 7.69. The van der Waals surface area contributed by atoms with Gasteiger partial charge in [-0.3, -0.25) is 9.59 Å². The summed E-state index contributed by atoms with van der Waals surface area (Å²) in [6.45, 7) is 4.00. The number of benzene rings is 1. The quantitative estimate of drug-likeness (QED) is 0.607. The predicted molar refractivity (Wildman–Crippen MR) is 104 cm³/mol. The number of hydrogen-bond acceptors (Lipinski definition) is 6. The molecule has 0 saturated carbocycles. The molecule has 136 valence electrons. The molecule has 0 radical (unpaired) electrons. The van der Waals surface area contributed by atoms with E-state index in [1.165, 1.54) is 23.1 Å². The summed E-state index contributed by atoms with van der Waals surface area (Å²) in [5, 5.41) is 8.64. The first kappa shape index (κ1) is 18.4. The third-order valence-electron chi connectivity index (χ3n) is 3.38. The summed E-state index contributed by atoms with van der Waals surface area (Å²) in [4.78, 5) is 32.9. The van der Waals surface area contributed by atoms with Crippen molar-refractivity contribution >= 4 is 51.1 Å². The van der Waals surface area contributed by atoms with Gasteiger partial charge in [0.2, 0.25) is 11.8 Å². The molecular formula is C17H19N5O2S2. The number of nitrogens with one attached hydrogen (secondary N) is 2. The van der Waals surface area contributed by atoms with Crippen LogP contribution in [0.1, 0.15) is 13.8 Å². The lowest BCUT2D eigenvalue weighted by Crippen LogP contribution is -2.33. The van der Waals surface area contributed by atoms with Crippen LogP contribution in [0, 0.1) is 0 Å². The van der Waals surface area contributed by atoms with Crippen molar-refractivity contribution in [2.75, 3.05) is 11.1 Å². The highest BCUT2D eigenvalue weighted by Gasteiger charge is 2.16. The average molecular weight is 390 g/mol. The molecule has 2 amide bonds. The number of anilines is 1. The van der Waals surface area contributed by atoms with Gasteiger partial charge < -0.3 is 15.2 Å². The topological polar surface area (TPSA) is 88.9 Å². The Balaban J connectivity index is 1.75. The highest BCUT2D eigenvalue weighted by molar-refractivity contribution is 7.99. The van der Waals surface area contributed by atoms with E-state index in [1.807, 2.05) is 42.7 Å². The van der Waals surface area contributed by atoms with Gasteiger partial charge in [-0.25, -0.2) is 9.97 Å². The van der Waals surface area contributed by atoms with E-state index in [-0.39, 0.29) is 30.2 Å². The minimum Gasteiger partial charge on any atom is -0.352 e. The van der Waals surface area contributed by atoms with Gasteiger partial charge >= 0.3 is 0 Å². The van der Waals surface area contributed by atoms with Crippen LogP contribution in [-0.4, -0.2) is 38.1 Å². The number of amides is 2. The van der Waals surface area contributed by atoms with Crippen molar-refractivity contribution in [3.05, 3.63) is 35.8 Å². The summed E-state index contributed by atoms with van der Waals surface area (Å²) < 4.78 is 1.84. The van der Waals surface area contributed by atoms with Crippen LogP contribution in [0.3, 0.4) is 0 Å². The standard InChI is InChI=1S/C17H19N5O2S2/c1-11(2)19-14(23)9-22-13-6-4-3-5-12(13)20-17(22)26-10-15(24)21-16-18-7-8-25-16/h3-8,11H,9-10H2,1-2H3,(H,19,23)(H,18,21,24). The van der Waals surface area contributed by atoms with Gasteiger partial charge in [0.15, 0.2) is 10.3 Å². The molecule has 0 bridgehead atoms. The number of aromatic nitrogens is 3. The summed E-state index contributed by atoms with van der Waals surface area (Å²) in [6.07, 6.45) is 1.64. The smallest absolute Gasteiger partial charge is 0.240 e. The summed E-state index contributed by atoms with van der Waals surface area (Å²) in [5.41, 5.74) is 1.67. The molecule has 9 heteroatoms. The first-order chi connectivity index (χ1) is 12.5. The first-order valence-electron chi connectivity index (χ1n) is 8.09. The molecule has 7 nitrogen and oxygen atoms in total. The van der Waals surface area contributed by atoms with E-state index in [0.29, 0.717) is 10.3 Å².